The molecular formula is C11H19NO3. The fourth-order valence-corrected chi connectivity index (χ4v) is 1.45. The fraction of sp³-hybridized carbons (Fsp3) is 0.818. The Hall–Kier alpha value is -1.06. The van der Waals surface area contributed by atoms with Crippen LogP contribution in [0.4, 0.5) is 0 Å². The zero-order valence-corrected chi connectivity index (χ0v) is 9.16. The average Bonchev–Trinajstić information content (AvgIpc) is 2.97. The Morgan fingerprint density at radius 2 is 2.07 bits per heavy atom. The van der Waals surface area contributed by atoms with Crippen LogP contribution >= 0.6 is 0 Å². The number of amides is 1. The van der Waals surface area contributed by atoms with E-state index in [9.17, 15) is 9.59 Å². The van der Waals surface area contributed by atoms with Gasteiger partial charge in [-0.3, -0.25) is 9.59 Å². The topological polar surface area (TPSA) is 66.4 Å². The zero-order chi connectivity index (χ0) is 11.3. The highest BCUT2D eigenvalue weighted by Gasteiger charge is 2.29. The summed E-state index contributed by atoms with van der Waals surface area (Å²) in [7, 11) is 0. The molecule has 0 bridgehead atoms. The molecule has 1 saturated carbocycles. The lowest BCUT2D eigenvalue weighted by molar-refractivity contribution is -0.137. The van der Waals surface area contributed by atoms with Crippen molar-refractivity contribution >= 4 is 11.9 Å². The van der Waals surface area contributed by atoms with Crippen molar-refractivity contribution in [2.24, 2.45) is 11.8 Å². The number of rotatable bonds is 7. The molecule has 1 amide bonds. The molecule has 4 nitrogen and oxygen atoms in total. The highest BCUT2D eigenvalue weighted by Crippen LogP contribution is 2.28. The van der Waals surface area contributed by atoms with E-state index in [2.05, 4.69) is 5.32 Å². The number of carbonyl (C=O) groups excluding carboxylic acids is 1. The van der Waals surface area contributed by atoms with Gasteiger partial charge in [0.05, 0.1) is 0 Å². The van der Waals surface area contributed by atoms with Gasteiger partial charge < -0.3 is 10.4 Å². The van der Waals surface area contributed by atoms with Crippen LogP contribution < -0.4 is 5.32 Å². The van der Waals surface area contributed by atoms with Gasteiger partial charge in [-0.25, -0.2) is 0 Å². The predicted octanol–water partition coefficient (Wildman–Crippen LogP) is 1.40. The van der Waals surface area contributed by atoms with Gasteiger partial charge in [0.2, 0.25) is 5.91 Å². The smallest absolute Gasteiger partial charge is 0.303 e. The average molecular weight is 213 g/mol. The minimum Gasteiger partial charge on any atom is -0.481 e. The molecule has 4 heteroatoms. The highest BCUT2D eigenvalue weighted by atomic mass is 16.4. The standard InChI is InChI=1S/C11H19NO3/c1-8(2-5-10(13)14)6-7-12-11(15)9-3-4-9/h8-9H,2-7H2,1H3,(H,12,15)(H,13,14). The molecule has 86 valence electrons. The highest BCUT2D eigenvalue weighted by molar-refractivity contribution is 5.80. The quantitative estimate of drug-likeness (QED) is 0.671. The molecule has 2 N–H and O–H groups in total. The SMILES string of the molecule is CC(CCNC(=O)C1CC1)CCC(=O)O. The van der Waals surface area contributed by atoms with E-state index in [0.717, 1.165) is 19.3 Å². The van der Waals surface area contributed by atoms with Crippen molar-refractivity contribution in [1.29, 1.82) is 0 Å². The van der Waals surface area contributed by atoms with E-state index < -0.39 is 5.97 Å². The lowest BCUT2D eigenvalue weighted by Gasteiger charge is -2.10. The molecule has 0 aliphatic heterocycles. The normalized spacial score (nSPS) is 17.1. The minimum absolute atomic E-state index is 0.167. The Morgan fingerprint density at radius 1 is 1.40 bits per heavy atom. The molecule has 0 spiro atoms. The molecule has 1 atom stereocenters. The molecule has 1 fully saturated rings. The first-order chi connectivity index (χ1) is 7.09. The molecular weight excluding hydrogens is 194 g/mol. The second-order valence-electron chi connectivity index (χ2n) is 4.39. The summed E-state index contributed by atoms with van der Waals surface area (Å²) in [5.74, 6) is 0.0456. The van der Waals surface area contributed by atoms with Crippen LogP contribution in [0.15, 0.2) is 0 Å². The Morgan fingerprint density at radius 3 is 2.60 bits per heavy atom. The molecule has 15 heavy (non-hydrogen) atoms. The molecule has 0 saturated heterocycles. The monoisotopic (exact) mass is 213 g/mol. The van der Waals surface area contributed by atoms with Crippen LogP contribution in [0, 0.1) is 11.8 Å². The third-order valence-electron chi connectivity index (χ3n) is 2.74. The van der Waals surface area contributed by atoms with Crippen molar-refractivity contribution in [2.75, 3.05) is 6.54 Å². The van der Waals surface area contributed by atoms with Gasteiger partial charge in [-0.15, -0.1) is 0 Å². The predicted molar refractivity (Wildman–Crippen MR) is 56.4 cm³/mol. The molecule has 1 rings (SSSR count). The number of carbonyl (C=O) groups is 2. The van der Waals surface area contributed by atoms with E-state index >= 15 is 0 Å². The number of carboxylic acid groups (broad SMARTS) is 1. The molecule has 0 aromatic heterocycles. The van der Waals surface area contributed by atoms with E-state index in [0.29, 0.717) is 18.9 Å². The van der Waals surface area contributed by atoms with Gasteiger partial charge in [-0.1, -0.05) is 6.92 Å². The summed E-state index contributed by atoms with van der Waals surface area (Å²) in [5.41, 5.74) is 0. The zero-order valence-electron chi connectivity index (χ0n) is 9.16. The van der Waals surface area contributed by atoms with Gasteiger partial charge >= 0.3 is 5.97 Å². The van der Waals surface area contributed by atoms with Crippen LogP contribution in [0.5, 0.6) is 0 Å². The summed E-state index contributed by atoms with van der Waals surface area (Å²) < 4.78 is 0. The molecule has 0 aromatic carbocycles. The Bertz CT molecular complexity index is 236. The maximum absolute atomic E-state index is 11.2. The van der Waals surface area contributed by atoms with Gasteiger partial charge in [-0.05, 0) is 31.6 Å². The lowest BCUT2D eigenvalue weighted by Crippen LogP contribution is -2.26. The molecule has 0 heterocycles. The Labute approximate surface area is 90.0 Å². The van der Waals surface area contributed by atoms with Crippen molar-refractivity contribution < 1.29 is 14.7 Å². The van der Waals surface area contributed by atoms with E-state index in [1.807, 2.05) is 6.92 Å². The number of carboxylic acids is 1. The van der Waals surface area contributed by atoms with E-state index in [4.69, 9.17) is 5.11 Å². The Kier molecular flexibility index (Phi) is 4.59. The van der Waals surface area contributed by atoms with Crippen LogP contribution in [0.2, 0.25) is 0 Å². The van der Waals surface area contributed by atoms with E-state index in [1.165, 1.54) is 0 Å². The maximum Gasteiger partial charge on any atom is 0.303 e. The van der Waals surface area contributed by atoms with Crippen molar-refractivity contribution in [3.05, 3.63) is 0 Å². The summed E-state index contributed by atoms with van der Waals surface area (Å²) in [5, 5.41) is 11.4. The summed E-state index contributed by atoms with van der Waals surface area (Å²) in [6.07, 6.45) is 3.83. The summed E-state index contributed by atoms with van der Waals surface area (Å²) in [4.78, 5) is 21.6. The molecule has 0 aromatic rings. The second-order valence-corrected chi connectivity index (χ2v) is 4.39. The number of nitrogens with one attached hydrogen (secondary N) is 1. The van der Waals surface area contributed by atoms with Crippen LogP contribution in [0.25, 0.3) is 0 Å². The summed E-state index contributed by atoms with van der Waals surface area (Å²) in [6.45, 7) is 2.70. The first-order valence-electron chi connectivity index (χ1n) is 5.59. The maximum atomic E-state index is 11.2. The van der Waals surface area contributed by atoms with Crippen LogP contribution in [0.3, 0.4) is 0 Å². The lowest BCUT2D eigenvalue weighted by atomic mass is 10.0. The van der Waals surface area contributed by atoms with Crippen LogP contribution in [0.1, 0.15) is 39.0 Å². The minimum atomic E-state index is -0.746. The summed E-state index contributed by atoms with van der Waals surface area (Å²) >= 11 is 0. The van der Waals surface area contributed by atoms with Gasteiger partial charge in [-0.2, -0.15) is 0 Å². The van der Waals surface area contributed by atoms with E-state index in [1.54, 1.807) is 0 Å². The summed E-state index contributed by atoms with van der Waals surface area (Å²) in [6, 6.07) is 0. The van der Waals surface area contributed by atoms with Crippen molar-refractivity contribution in [1.82, 2.24) is 5.32 Å². The molecule has 1 unspecified atom stereocenters. The Balaban J connectivity index is 1.98. The number of aliphatic carboxylic acids is 1. The van der Waals surface area contributed by atoms with E-state index in [-0.39, 0.29) is 18.2 Å². The van der Waals surface area contributed by atoms with Gasteiger partial charge in [0.1, 0.15) is 0 Å². The van der Waals surface area contributed by atoms with Gasteiger partial charge in [0, 0.05) is 18.9 Å². The molecule has 0 radical (unpaired) electrons. The first kappa shape index (κ1) is 12.0. The van der Waals surface area contributed by atoms with Gasteiger partial charge in [0.25, 0.3) is 0 Å². The molecule has 1 aliphatic carbocycles. The number of hydrogen-bond donors (Lipinski definition) is 2. The second kappa shape index (κ2) is 5.73. The van der Waals surface area contributed by atoms with Gasteiger partial charge in [0.15, 0.2) is 0 Å². The third-order valence-corrected chi connectivity index (χ3v) is 2.74. The molecule has 1 aliphatic rings. The largest absolute Gasteiger partial charge is 0.481 e. The fourth-order valence-electron chi connectivity index (χ4n) is 1.45. The van der Waals surface area contributed by atoms with Crippen molar-refractivity contribution in [3.63, 3.8) is 0 Å². The van der Waals surface area contributed by atoms with Crippen molar-refractivity contribution in [3.8, 4) is 0 Å². The number of hydrogen-bond acceptors (Lipinski definition) is 2. The van der Waals surface area contributed by atoms with Crippen molar-refractivity contribution in [2.45, 2.75) is 39.0 Å². The third kappa shape index (κ3) is 5.40. The van der Waals surface area contributed by atoms with Crippen LogP contribution in [-0.4, -0.2) is 23.5 Å². The first-order valence-corrected chi connectivity index (χ1v) is 5.59. The van der Waals surface area contributed by atoms with Crippen LogP contribution in [-0.2, 0) is 9.59 Å².